The van der Waals surface area contributed by atoms with E-state index in [4.69, 9.17) is 10.8 Å². The molecule has 0 aliphatic heterocycles. The molecule has 4 nitrogen and oxygen atoms in total. The first-order chi connectivity index (χ1) is 9.86. The molecule has 0 heterocycles. The SMILES string of the molecule is CC(C)c1cc(N=CC=CN)cc(C(C)C)c1CC(=O)O. The average molecular weight is 288 g/mol. The molecule has 0 aliphatic rings. The summed E-state index contributed by atoms with van der Waals surface area (Å²) in [6.45, 7) is 8.27. The lowest BCUT2D eigenvalue weighted by atomic mass is 9.86. The lowest BCUT2D eigenvalue weighted by Crippen LogP contribution is -2.09. The largest absolute Gasteiger partial charge is 0.481 e. The van der Waals surface area contributed by atoms with E-state index in [1.807, 2.05) is 12.1 Å². The van der Waals surface area contributed by atoms with Gasteiger partial charge in [-0.2, -0.15) is 0 Å². The highest BCUT2D eigenvalue weighted by atomic mass is 16.4. The number of carboxylic acid groups (broad SMARTS) is 1. The van der Waals surface area contributed by atoms with Crippen molar-refractivity contribution in [1.82, 2.24) is 0 Å². The highest BCUT2D eigenvalue weighted by Crippen LogP contribution is 2.32. The second-order valence-electron chi connectivity index (χ2n) is 5.65. The van der Waals surface area contributed by atoms with Gasteiger partial charge in [-0.05, 0) is 52.9 Å². The molecule has 0 saturated carbocycles. The van der Waals surface area contributed by atoms with E-state index in [0.717, 1.165) is 22.4 Å². The number of carboxylic acids is 1. The molecule has 1 aromatic rings. The van der Waals surface area contributed by atoms with Crippen LogP contribution in [0.15, 0.2) is 29.4 Å². The highest BCUT2D eigenvalue weighted by Gasteiger charge is 2.17. The summed E-state index contributed by atoms with van der Waals surface area (Å²) in [6, 6.07) is 3.94. The maximum absolute atomic E-state index is 11.2. The number of nitrogens with two attached hydrogens (primary N) is 1. The van der Waals surface area contributed by atoms with Crippen molar-refractivity contribution >= 4 is 17.9 Å². The van der Waals surface area contributed by atoms with E-state index >= 15 is 0 Å². The Labute approximate surface area is 126 Å². The Bertz CT molecular complexity index is 529. The molecule has 0 unspecified atom stereocenters. The molecule has 0 aromatic heterocycles. The van der Waals surface area contributed by atoms with Crippen LogP contribution in [0.3, 0.4) is 0 Å². The Morgan fingerprint density at radius 2 is 1.76 bits per heavy atom. The van der Waals surface area contributed by atoms with E-state index in [-0.39, 0.29) is 18.3 Å². The second-order valence-corrected chi connectivity index (χ2v) is 5.65. The highest BCUT2D eigenvalue weighted by molar-refractivity contribution is 5.76. The molecule has 0 bridgehead atoms. The molecular weight excluding hydrogens is 264 g/mol. The third-order valence-electron chi connectivity index (χ3n) is 3.30. The van der Waals surface area contributed by atoms with Crippen LogP contribution in [0.5, 0.6) is 0 Å². The normalized spacial score (nSPS) is 12.1. The lowest BCUT2D eigenvalue weighted by molar-refractivity contribution is -0.136. The number of hydrogen-bond donors (Lipinski definition) is 2. The third kappa shape index (κ3) is 4.74. The summed E-state index contributed by atoms with van der Waals surface area (Å²) in [6.07, 6.45) is 4.78. The first-order valence-electron chi connectivity index (χ1n) is 7.16. The molecule has 0 fully saturated rings. The van der Waals surface area contributed by atoms with Gasteiger partial charge >= 0.3 is 5.97 Å². The molecule has 0 amide bonds. The Balaban J connectivity index is 3.44. The summed E-state index contributed by atoms with van der Waals surface area (Å²) in [5, 5.41) is 9.17. The van der Waals surface area contributed by atoms with Crippen molar-refractivity contribution in [3.63, 3.8) is 0 Å². The van der Waals surface area contributed by atoms with Gasteiger partial charge in [-0.25, -0.2) is 0 Å². The lowest BCUT2D eigenvalue weighted by Gasteiger charge is -2.19. The van der Waals surface area contributed by atoms with E-state index in [2.05, 4.69) is 32.7 Å². The Hall–Kier alpha value is -2.10. The van der Waals surface area contributed by atoms with Gasteiger partial charge in [-0.1, -0.05) is 27.7 Å². The maximum atomic E-state index is 11.2. The molecule has 3 N–H and O–H groups in total. The Kier molecular flexibility index (Phi) is 6.15. The van der Waals surface area contributed by atoms with Crippen LogP contribution in [0.2, 0.25) is 0 Å². The summed E-state index contributed by atoms with van der Waals surface area (Å²) in [5.74, 6) is -0.310. The molecule has 0 radical (unpaired) electrons. The monoisotopic (exact) mass is 288 g/mol. The van der Waals surface area contributed by atoms with E-state index in [1.165, 1.54) is 6.20 Å². The van der Waals surface area contributed by atoms with Gasteiger partial charge in [0.2, 0.25) is 0 Å². The van der Waals surface area contributed by atoms with Gasteiger partial charge in [0.15, 0.2) is 0 Å². The minimum Gasteiger partial charge on any atom is -0.481 e. The van der Waals surface area contributed by atoms with Crippen molar-refractivity contribution in [2.45, 2.75) is 46.0 Å². The van der Waals surface area contributed by atoms with Crippen molar-refractivity contribution in [1.29, 1.82) is 0 Å². The molecule has 0 saturated heterocycles. The zero-order valence-corrected chi connectivity index (χ0v) is 13.1. The van der Waals surface area contributed by atoms with E-state index < -0.39 is 5.97 Å². The van der Waals surface area contributed by atoms with Gasteiger partial charge in [0.1, 0.15) is 0 Å². The fraction of sp³-hybridized carbons (Fsp3) is 0.412. The van der Waals surface area contributed by atoms with Gasteiger partial charge in [0, 0.05) is 6.21 Å². The number of rotatable bonds is 6. The molecule has 0 spiro atoms. The van der Waals surface area contributed by atoms with Gasteiger partial charge < -0.3 is 10.8 Å². The van der Waals surface area contributed by atoms with E-state index in [9.17, 15) is 4.79 Å². The minimum atomic E-state index is -0.805. The molecular formula is C17H24N2O2. The van der Waals surface area contributed by atoms with Crippen LogP contribution in [0.4, 0.5) is 5.69 Å². The number of allylic oxidation sites excluding steroid dienone is 1. The molecule has 4 heteroatoms. The molecule has 1 aromatic carbocycles. The van der Waals surface area contributed by atoms with Crippen LogP contribution in [0.1, 0.15) is 56.2 Å². The molecule has 1 rings (SSSR count). The van der Waals surface area contributed by atoms with Crippen LogP contribution < -0.4 is 5.73 Å². The molecule has 114 valence electrons. The quantitative estimate of drug-likeness (QED) is 0.783. The van der Waals surface area contributed by atoms with Crippen LogP contribution in [-0.2, 0) is 11.2 Å². The van der Waals surface area contributed by atoms with E-state index in [0.29, 0.717) is 0 Å². The Morgan fingerprint density at radius 3 is 2.14 bits per heavy atom. The predicted molar refractivity (Wildman–Crippen MR) is 87.4 cm³/mol. The predicted octanol–water partition coefficient (Wildman–Crippen LogP) is 3.74. The summed E-state index contributed by atoms with van der Waals surface area (Å²) in [7, 11) is 0. The second kappa shape index (κ2) is 7.62. The summed E-state index contributed by atoms with van der Waals surface area (Å²) in [4.78, 5) is 15.5. The van der Waals surface area contributed by atoms with Gasteiger partial charge in [-0.3, -0.25) is 9.79 Å². The van der Waals surface area contributed by atoms with E-state index in [1.54, 1.807) is 12.3 Å². The zero-order chi connectivity index (χ0) is 16.0. The van der Waals surface area contributed by atoms with Crippen molar-refractivity contribution in [3.8, 4) is 0 Å². The van der Waals surface area contributed by atoms with Crippen LogP contribution >= 0.6 is 0 Å². The number of hydrogen-bond acceptors (Lipinski definition) is 3. The van der Waals surface area contributed by atoms with Crippen LogP contribution in [0, 0.1) is 0 Å². The Morgan fingerprint density at radius 1 is 1.24 bits per heavy atom. The van der Waals surface area contributed by atoms with Crippen LogP contribution in [-0.4, -0.2) is 17.3 Å². The van der Waals surface area contributed by atoms with Crippen molar-refractivity contribution in [3.05, 3.63) is 41.1 Å². The summed E-state index contributed by atoms with van der Waals surface area (Å²) >= 11 is 0. The van der Waals surface area contributed by atoms with Gasteiger partial charge in [0.05, 0.1) is 12.1 Å². The number of aliphatic carboxylic acids is 1. The van der Waals surface area contributed by atoms with Crippen molar-refractivity contribution in [2.75, 3.05) is 0 Å². The molecule has 0 atom stereocenters. The zero-order valence-electron chi connectivity index (χ0n) is 13.1. The fourth-order valence-corrected chi connectivity index (χ4v) is 2.34. The summed E-state index contributed by atoms with van der Waals surface area (Å²) < 4.78 is 0. The van der Waals surface area contributed by atoms with Crippen molar-refractivity contribution in [2.24, 2.45) is 10.7 Å². The number of benzene rings is 1. The average Bonchev–Trinajstić information content (AvgIpc) is 2.39. The first kappa shape index (κ1) is 17.0. The van der Waals surface area contributed by atoms with Crippen LogP contribution in [0.25, 0.3) is 0 Å². The smallest absolute Gasteiger partial charge is 0.307 e. The first-order valence-corrected chi connectivity index (χ1v) is 7.16. The number of nitrogens with zero attached hydrogens (tertiary/aromatic N) is 1. The molecule has 0 aliphatic carbocycles. The topological polar surface area (TPSA) is 75.7 Å². The summed E-state index contributed by atoms with van der Waals surface area (Å²) in [5.41, 5.74) is 9.13. The number of aliphatic imine (C=N–C) groups is 1. The third-order valence-corrected chi connectivity index (χ3v) is 3.30. The van der Waals surface area contributed by atoms with Gasteiger partial charge in [-0.15, -0.1) is 0 Å². The maximum Gasteiger partial charge on any atom is 0.307 e. The minimum absolute atomic E-state index is 0.0493. The molecule has 21 heavy (non-hydrogen) atoms. The number of carbonyl (C=O) groups is 1. The standard InChI is InChI=1S/C17H24N2O2/c1-11(2)14-8-13(19-7-5-6-18)9-15(12(3)4)16(14)10-17(20)21/h5-9,11-12H,10,18H2,1-4H3,(H,20,21). The van der Waals surface area contributed by atoms with Gasteiger partial charge in [0.25, 0.3) is 0 Å². The van der Waals surface area contributed by atoms with Crippen molar-refractivity contribution < 1.29 is 9.90 Å². The fourth-order valence-electron chi connectivity index (χ4n) is 2.34.